The first kappa shape index (κ1) is 13.2. The van der Waals surface area contributed by atoms with Crippen LogP contribution in [-0.4, -0.2) is 31.3 Å². The predicted octanol–water partition coefficient (Wildman–Crippen LogP) is 1.52. The van der Waals surface area contributed by atoms with Gasteiger partial charge in [0.2, 0.25) is 0 Å². The van der Waals surface area contributed by atoms with Crippen LogP contribution >= 0.6 is 15.9 Å². The molecule has 1 unspecified atom stereocenters. The van der Waals surface area contributed by atoms with Gasteiger partial charge in [-0.15, -0.1) is 0 Å². The van der Waals surface area contributed by atoms with Crippen LogP contribution < -0.4 is 15.2 Å². The van der Waals surface area contributed by atoms with Crippen LogP contribution in [0.1, 0.15) is 17.0 Å². The molecule has 2 rings (SSSR count). The lowest BCUT2D eigenvalue weighted by Gasteiger charge is -2.17. The number of hydrogen-bond donors (Lipinski definition) is 2. The van der Waals surface area contributed by atoms with Crippen LogP contribution in [0.3, 0.4) is 0 Å². The van der Waals surface area contributed by atoms with E-state index in [9.17, 15) is 9.90 Å². The zero-order valence-corrected chi connectivity index (χ0v) is 11.5. The smallest absolute Gasteiger partial charge is 0.312 e. The first-order valence-electron chi connectivity index (χ1n) is 5.55. The Kier molecular flexibility index (Phi) is 3.77. The number of halogens is 1. The third-order valence-electron chi connectivity index (χ3n) is 3.03. The Morgan fingerprint density at radius 3 is 3.00 bits per heavy atom. The van der Waals surface area contributed by atoms with Gasteiger partial charge in [-0.25, -0.2) is 0 Å². The molecule has 0 aliphatic carbocycles. The first-order chi connectivity index (χ1) is 8.60. The maximum Gasteiger partial charge on any atom is 0.312 e. The molecule has 1 aliphatic heterocycles. The van der Waals surface area contributed by atoms with Crippen molar-refractivity contribution < 1.29 is 19.4 Å². The van der Waals surface area contributed by atoms with E-state index in [0.29, 0.717) is 23.7 Å². The van der Waals surface area contributed by atoms with E-state index in [2.05, 4.69) is 15.9 Å². The Morgan fingerprint density at radius 2 is 2.44 bits per heavy atom. The molecule has 0 saturated heterocycles. The first-order valence-corrected chi connectivity index (χ1v) is 6.34. The van der Waals surface area contributed by atoms with E-state index in [1.165, 1.54) is 7.11 Å². The third kappa shape index (κ3) is 2.06. The summed E-state index contributed by atoms with van der Waals surface area (Å²) >= 11 is 3.45. The second-order valence-electron chi connectivity index (χ2n) is 4.01. The lowest BCUT2D eigenvalue weighted by Crippen LogP contribution is -2.21. The quantitative estimate of drug-likeness (QED) is 0.880. The van der Waals surface area contributed by atoms with Crippen LogP contribution in [0.5, 0.6) is 11.5 Å². The zero-order chi connectivity index (χ0) is 13.3. The Bertz CT molecular complexity index is 489. The van der Waals surface area contributed by atoms with Crippen molar-refractivity contribution in [3.8, 4) is 11.5 Å². The van der Waals surface area contributed by atoms with Gasteiger partial charge in [0.05, 0.1) is 19.6 Å². The monoisotopic (exact) mass is 315 g/mol. The highest BCUT2D eigenvalue weighted by molar-refractivity contribution is 9.10. The summed E-state index contributed by atoms with van der Waals surface area (Å²) in [6.07, 6.45) is 0.733. The van der Waals surface area contributed by atoms with Gasteiger partial charge in [0.25, 0.3) is 0 Å². The lowest BCUT2D eigenvalue weighted by molar-refractivity contribution is -0.138. The minimum Gasteiger partial charge on any atom is -0.493 e. The van der Waals surface area contributed by atoms with Gasteiger partial charge in [-0.3, -0.25) is 4.79 Å². The van der Waals surface area contributed by atoms with Crippen molar-refractivity contribution in [3.05, 3.63) is 21.7 Å². The normalized spacial score (nSPS) is 14.8. The van der Waals surface area contributed by atoms with Crippen molar-refractivity contribution in [1.29, 1.82) is 0 Å². The van der Waals surface area contributed by atoms with Gasteiger partial charge in [-0.2, -0.15) is 0 Å². The summed E-state index contributed by atoms with van der Waals surface area (Å²) in [5.74, 6) is -0.451. The fourth-order valence-electron chi connectivity index (χ4n) is 2.10. The summed E-state index contributed by atoms with van der Waals surface area (Å²) in [5, 5.41) is 9.19. The molecule has 0 amide bonds. The molecular weight excluding hydrogens is 302 g/mol. The topological polar surface area (TPSA) is 81.8 Å². The Balaban J connectivity index is 2.58. The second kappa shape index (κ2) is 5.16. The van der Waals surface area contributed by atoms with Crippen LogP contribution in [0.2, 0.25) is 0 Å². The van der Waals surface area contributed by atoms with Gasteiger partial charge in [-0.1, -0.05) is 15.9 Å². The summed E-state index contributed by atoms with van der Waals surface area (Å²) in [6, 6.07) is 1.68. The summed E-state index contributed by atoms with van der Waals surface area (Å²) in [4.78, 5) is 11.2. The third-order valence-corrected chi connectivity index (χ3v) is 3.97. The average molecular weight is 316 g/mol. The second-order valence-corrected chi connectivity index (χ2v) is 4.81. The molecule has 0 radical (unpaired) electrons. The maximum absolute atomic E-state index is 11.2. The molecule has 3 N–H and O–H groups in total. The number of benzene rings is 1. The standard InChI is InChI=1S/C12H14BrNO4/c1-17-9-4-7(8(5-14)12(15)16)10(13)6-2-3-18-11(6)9/h4,8H,2-3,5,14H2,1H3,(H,15,16). The van der Waals surface area contributed by atoms with Crippen LogP contribution in [-0.2, 0) is 11.2 Å². The van der Waals surface area contributed by atoms with E-state index in [1.807, 2.05) is 0 Å². The number of ether oxygens (including phenoxy) is 2. The molecule has 6 heteroatoms. The molecule has 0 spiro atoms. The summed E-state index contributed by atoms with van der Waals surface area (Å²) in [7, 11) is 1.53. The van der Waals surface area contributed by atoms with Crippen LogP contribution in [0.25, 0.3) is 0 Å². The van der Waals surface area contributed by atoms with Gasteiger partial charge in [0.1, 0.15) is 0 Å². The van der Waals surface area contributed by atoms with Crippen molar-refractivity contribution in [2.75, 3.05) is 20.3 Å². The van der Waals surface area contributed by atoms with Crippen LogP contribution in [0.4, 0.5) is 0 Å². The van der Waals surface area contributed by atoms with Crippen molar-refractivity contribution in [2.24, 2.45) is 5.73 Å². The molecule has 1 aromatic carbocycles. The minimum absolute atomic E-state index is 0.0384. The van der Waals surface area contributed by atoms with Crippen molar-refractivity contribution >= 4 is 21.9 Å². The molecule has 98 valence electrons. The van der Waals surface area contributed by atoms with E-state index in [1.54, 1.807) is 6.07 Å². The van der Waals surface area contributed by atoms with E-state index >= 15 is 0 Å². The SMILES string of the molecule is COc1cc(C(CN)C(=O)O)c(Br)c2c1OCC2. The van der Waals surface area contributed by atoms with Gasteiger partial charge >= 0.3 is 5.97 Å². The van der Waals surface area contributed by atoms with E-state index in [4.69, 9.17) is 15.2 Å². The Morgan fingerprint density at radius 1 is 1.72 bits per heavy atom. The number of fused-ring (bicyclic) bond motifs is 1. The largest absolute Gasteiger partial charge is 0.493 e. The predicted molar refractivity (Wildman–Crippen MR) is 69.3 cm³/mol. The number of carbonyl (C=O) groups is 1. The number of aliphatic carboxylic acids is 1. The Hall–Kier alpha value is -1.27. The van der Waals surface area contributed by atoms with Crippen LogP contribution in [0, 0.1) is 0 Å². The number of rotatable bonds is 4. The molecule has 0 aromatic heterocycles. The minimum atomic E-state index is -0.945. The van der Waals surface area contributed by atoms with E-state index in [-0.39, 0.29) is 6.54 Å². The molecule has 0 bridgehead atoms. The average Bonchev–Trinajstić information content (AvgIpc) is 2.82. The lowest BCUT2D eigenvalue weighted by atomic mass is 9.96. The fraction of sp³-hybridized carbons (Fsp3) is 0.417. The molecule has 1 heterocycles. The summed E-state index contributed by atoms with van der Waals surface area (Å²) in [6.45, 7) is 0.616. The molecule has 0 saturated carbocycles. The molecule has 18 heavy (non-hydrogen) atoms. The molecule has 1 aliphatic rings. The van der Waals surface area contributed by atoms with E-state index in [0.717, 1.165) is 16.5 Å². The van der Waals surface area contributed by atoms with E-state index < -0.39 is 11.9 Å². The zero-order valence-electron chi connectivity index (χ0n) is 9.90. The molecule has 5 nitrogen and oxygen atoms in total. The van der Waals surface area contributed by atoms with Gasteiger partial charge in [-0.05, 0) is 11.6 Å². The summed E-state index contributed by atoms with van der Waals surface area (Å²) in [5.41, 5.74) is 7.12. The fourth-order valence-corrected chi connectivity index (χ4v) is 2.86. The number of carboxylic acids is 1. The number of hydrogen-bond acceptors (Lipinski definition) is 4. The number of carboxylic acid groups (broad SMARTS) is 1. The van der Waals surface area contributed by atoms with Crippen molar-refractivity contribution in [1.82, 2.24) is 0 Å². The Labute approximate surface area is 113 Å². The molecule has 0 fully saturated rings. The maximum atomic E-state index is 11.2. The van der Waals surface area contributed by atoms with Crippen LogP contribution in [0.15, 0.2) is 10.5 Å². The summed E-state index contributed by atoms with van der Waals surface area (Å²) < 4.78 is 11.5. The number of nitrogens with two attached hydrogens (primary N) is 1. The van der Waals surface area contributed by atoms with Gasteiger partial charge in [0, 0.05) is 23.0 Å². The molecular formula is C12H14BrNO4. The highest BCUT2D eigenvalue weighted by atomic mass is 79.9. The highest BCUT2D eigenvalue weighted by Crippen LogP contribution is 2.44. The van der Waals surface area contributed by atoms with Crippen molar-refractivity contribution in [3.63, 3.8) is 0 Å². The van der Waals surface area contributed by atoms with Gasteiger partial charge < -0.3 is 20.3 Å². The van der Waals surface area contributed by atoms with Crippen molar-refractivity contribution in [2.45, 2.75) is 12.3 Å². The number of methoxy groups -OCH3 is 1. The molecule has 1 atom stereocenters. The van der Waals surface area contributed by atoms with Gasteiger partial charge in [0.15, 0.2) is 11.5 Å². The molecule has 1 aromatic rings. The highest BCUT2D eigenvalue weighted by Gasteiger charge is 2.28.